The quantitative estimate of drug-likeness (QED) is 0.941. The van der Waals surface area contributed by atoms with Crippen molar-refractivity contribution < 1.29 is 9.52 Å². The van der Waals surface area contributed by atoms with Gasteiger partial charge in [0.25, 0.3) is 0 Å². The number of hydrogen-bond donors (Lipinski definition) is 1. The second-order valence-corrected chi connectivity index (χ2v) is 5.69. The summed E-state index contributed by atoms with van der Waals surface area (Å²) in [6.45, 7) is 1.70. The molecule has 0 radical (unpaired) electrons. The van der Waals surface area contributed by atoms with Crippen LogP contribution in [0.1, 0.15) is 25.2 Å². The van der Waals surface area contributed by atoms with Crippen LogP contribution in [0.3, 0.4) is 0 Å². The van der Waals surface area contributed by atoms with Gasteiger partial charge in [0.05, 0.1) is 23.7 Å². The maximum Gasteiger partial charge on any atom is 0.249 e. The van der Waals surface area contributed by atoms with Gasteiger partial charge in [-0.1, -0.05) is 30.2 Å². The van der Waals surface area contributed by atoms with Crippen molar-refractivity contribution in [3.05, 3.63) is 35.2 Å². The number of aromatic nitrogens is 2. The molecule has 1 aliphatic heterocycles. The number of piperidine rings is 1. The first-order chi connectivity index (χ1) is 10.3. The molecule has 2 aromatic rings. The molecular weight excluding hydrogens is 290 g/mol. The first-order valence-electron chi connectivity index (χ1n) is 7.20. The summed E-state index contributed by atoms with van der Waals surface area (Å²) in [6, 6.07) is 7.60. The first-order valence-corrected chi connectivity index (χ1v) is 7.58. The maximum atomic E-state index is 9.43. The average molecular weight is 308 g/mol. The average Bonchev–Trinajstić information content (AvgIpc) is 2.96. The van der Waals surface area contributed by atoms with Crippen LogP contribution in [-0.2, 0) is 6.54 Å². The summed E-state index contributed by atoms with van der Waals surface area (Å²) in [4.78, 5) is 2.20. The molecule has 1 atom stereocenters. The van der Waals surface area contributed by atoms with E-state index in [9.17, 15) is 5.11 Å². The summed E-state index contributed by atoms with van der Waals surface area (Å²) in [6.07, 6.45) is 3.32. The Labute approximate surface area is 128 Å². The van der Waals surface area contributed by atoms with E-state index in [0.29, 0.717) is 23.3 Å². The molecule has 0 saturated carbocycles. The highest BCUT2D eigenvalue weighted by Crippen LogP contribution is 2.27. The normalized spacial score (nSPS) is 19.8. The topological polar surface area (TPSA) is 62.4 Å². The molecule has 6 heteroatoms. The third-order valence-electron chi connectivity index (χ3n) is 3.87. The smallest absolute Gasteiger partial charge is 0.249 e. The number of hydrogen-bond acceptors (Lipinski definition) is 5. The van der Waals surface area contributed by atoms with E-state index < -0.39 is 0 Å². The van der Waals surface area contributed by atoms with Gasteiger partial charge in [0.1, 0.15) is 0 Å². The lowest BCUT2D eigenvalue weighted by molar-refractivity contribution is 0.0769. The van der Waals surface area contributed by atoms with Crippen LogP contribution >= 0.6 is 11.6 Å². The molecule has 1 fully saturated rings. The molecule has 2 heterocycles. The number of likely N-dealkylation sites (tertiary alicyclic amines) is 1. The molecule has 1 aliphatic rings. The van der Waals surface area contributed by atoms with Crippen molar-refractivity contribution >= 4 is 11.6 Å². The van der Waals surface area contributed by atoms with E-state index >= 15 is 0 Å². The predicted octanol–water partition coefficient (Wildman–Crippen LogP) is 2.74. The molecular formula is C15H18ClN3O2. The first kappa shape index (κ1) is 14.5. The Morgan fingerprint density at radius 1 is 1.29 bits per heavy atom. The van der Waals surface area contributed by atoms with Crippen molar-refractivity contribution in [2.75, 3.05) is 13.2 Å². The van der Waals surface area contributed by atoms with Crippen molar-refractivity contribution in [3.63, 3.8) is 0 Å². The van der Waals surface area contributed by atoms with Gasteiger partial charge in [0.15, 0.2) is 0 Å². The number of benzene rings is 1. The lowest BCUT2D eigenvalue weighted by Gasteiger charge is -2.33. The molecule has 0 aliphatic carbocycles. The molecule has 3 rings (SSSR count). The van der Waals surface area contributed by atoms with Crippen molar-refractivity contribution in [1.29, 1.82) is 0 Å². The Balaban J connectivity index is 1.75. The lowest BCUT2D eigenvalue weighted by Crippen LogP contribution is -2.41. The monoisotopic (exact) mass is 307 g/mol. The van der Waals surface area contributed by atoms with Crippen molar-refractivity contribution in [1.82, 2.24) is 15.1 Å². The molecule has 112 valence electrons. The van der Waals surface area contributed by atoms with Crippen molar-refractivity contribution in [2.45, 2.75) is 31.8 Å². The minimum atomic E-state index is 0.172. The number of aliphatic hydroxyl groups excluding tert-OH is 1. The number of nitrogens with zero attached hydrogens (tertiary/aromatic N) is 3. The van der Waals surface area contributed by atoms with E-state index in [4.69, 9.17) is 16.0 Å². The second kappa shape index (κ2) is 6.56. The fourth-order valence-electron chi connectivity index (χ4n) is 2.71. The van der Waals surface area contributed by atoms with Crippen LogP contribution in [-0.4, -0.2) is 39.4 Å². The Morgan fingerprint density at radius 2 is 2.14 bits per heavy atom. The van der Waals surface area contributed by atoms with Crippen molar-refractivity contribution in [2.24, 2.45) is 0 Å². The van der Waals surface area contributed by atoms with Crippen molar-refractivity contribution in [3.8, 4) is 11.5 Å². The van der Waals surface area contributed by atoms with Crippen LogP contribution < -0.4 is 0 Å². The number of aliphatic hydroxyl groups is 1. The lowest BCUT2D eigenvalue weighted by atomic mass is 10.0. The van der Waals surface area contributed by atoms with Gasteiger partial charge in [0.2, 0.25) is 11.8 Å². The zero-order valence-corrected chi connectivity index (χ0v) is 12.5. The van der Waals surface area contributed by atoms with Gasteiger partial charge in [-0.15, -0.1) is 10.2 Å². The maximum absolute atomic E-state index is 9.43. The van der Waals surface area contributed by atoms with Gasteiger partial charge in [-0.3, -0.25) is 4.90 Å². The molecule has 0 bridgehead atoms. The zero-order chi connectivity index (χ0) is 14.7. The Hall–Kier alpha value is -1.43. The molecule has 0 spiro atoms. The molecule has 1 aromatic carbocycles. The van der Waals surface area contributed by atoms with Gasteiger partial charge in [0, 0.05) is 6.04 Å². The van der Waals surface area contributed by atoms with Crippen LogP contribution in [0.5, 0.6) is 0 Å². The van der Waals surface area contributed by atoms with E-state index in [1.807, 2.05) is 18.2 Å². The highest BCUT2D eigenvalue weighted by molar-refractivity contribution is 6.33. The van der Waals surface area contributed by atoms with Gasteiger partial charge in [-0.25, -0.2) is 0 Å². The fourth-order valence-corrected chi connectivity index (χ4v) is 2.93. The number of halogens is 1. The summed E-state index contributed by atoms with van der Waals surface area (Å²) in [5.74, 6) is 0.999. The zero-order valence-electron chi connectivity index (χ0n) is 11.7. The molecule has 0 amide bonds. The summed E-state index contributed by atoms with van der Waals surface area (Å²) in [5.41, 5.74) is 0.746. The van der Waals surface area contributed by atoms with E-state index in [0.717, 1.165) is 31.4 Å². The van der Waals surface area contributed by atoms with Crippen LogP contribution in [0.15, 0.2) is 28.7 Å². The molecule has 5 nitrogen and oxygen atoms in total. The van der Waals surface area contributed by atoms with Crippen LogP contribution in [0, 0.1) is 0 Å². The van der Waals surface area contributed by atoms with E-state index in [1.54, 1.807) is 6.07 Å². The minimum Gasteiger partial charge on any atom is -0.419 e. The molecule has 1 aromatic heterocycles. The van der Waals surface area contributed by atoms with Gasteiger partial charge >= 0.3 is 0 Å². The summed E-state index contributed by atoms with van der Waals surface area (Å²) >= 11 is 6.13. The highest BCUT2D eigenvalue weighted by atomic mass is 35.5. The molecule has 1 saturated heterocycles. The largest absolute Gasteiger partial charge is 0.419 e. The third kappa shape index (κ3) is 3.26. The third-order valence-corrected chi connectivity index (χ3v) is 4.20. The standard InChI is InChI=1S/C15H18ClN3O2/c16-13-7-2-1-6-12(13)15-18-17-14(21-15)9-19-8-4-3-5-11(19)10-20/h1-2,6-7,11,20H,3-5,8-10H2. The fraction of sp³-hybridized carbons (Fsp3) is 0.467. The minimum absolute atomic E-state index is 0.172. The molecule has 1 unspecified atom stereocenters. The van der Waals surface area contributed by atoms with E-state index in [-0.39, 0.29) is 12.6 Å². The van der Waals surface area contributed by atoms with Gasteiger partial charge in [-0.2, -0.15) is 0 Å². The Bertz CT molecular complexity index is 602. The predicted molar refractivity (Wildman–Crippen MR) is 79.9 cm³/mol. The van der Waals surface area contributed by atoms with E-state index in [1.165, 1.54) is 0 Å². The van der Waals surface area contributed by atoms with Crippen LogP contribution in [0.25, 0.3) is 11.5 Å². The molecule has 1 N–H and O–H groups in total. The molecule has 21 heavy (non-hydrogen) atoms. The summed E-state index contributed by atoms with van der Waals surface area (Å²) < 4.78 is 5.72. The second-order valence-electron chi connectivity index (χ2n) is 5.28. The Kier molecular flexibility index (Phi) is 4.53. The summed E-state index contributed by atoms with van der Waals surface area (Å²) in [7, 11) is 0. The SMILES string of the molecule is OCC1CCCCN1Cc1nnc(-c2ccccc2Cl)o1. The highest BCUT2D eigenvalue weighted by Gasteiger charge is 2.23. The van der Waals surface area contributed by atoms with Gasteiger partial charge in [-0.05, 0) is 31.5 Å². The summed E-state index contributed by atoms with van der Waals surface area (Å²) in [5, 5.41) is 18.2. The Morgan fingerprint density at radius 3 is 2.95 bits per heavy atom. The number of rotatable bonds is 4. The van der Waals surface area contributed by atoms with Gasteiger partial charge < -0.3 is 9.52 Å². The van der Waals surface area contributed by atoms with E-state index in [2.05, 4.69) is 15.1 Å². The van der Waals surface area contributed by atoms with Crippen LogP contribution in [0.2, 0.25) is 5.02 Å². The van der Waals surface area contributed by atoms with Crippen LogP contribution in [0.4, 0.5) is 0 Å².